The maximum Gasteiger partial charge on any atom is 0.239 e. The number of amides is 2. The van der Waals surface area contributed by atoms with E-state index in [4.69, 9.17) is 0 Å². The number of carbonyl (C=O) groups is 2. The van der Waals surface area contributed by atoms with E-state index < -0.39 is 0 Å². The third-order valence-electron chi connectivity index (χ3n) is 3.15. The van der Waals surface area contributed by atoms with E-state index in [1.54, 1.807) is 0 Å². The van der Waals surface area contributed by atoms with Crippen molar-refractivity contribution in [1.82, 2.24) is 9.88 Å². The fourth-order valence-electron chi connectivity index (χ4n) is 2.19. The molecule has 0 saturated carbocycles. The molecule has 0 unspecified atom stereocenters. The zero-order chi connectivity index (χ0) is 15.4. The molecule has 112 valence electrons. The summed E-state index contributed by atoms with van der Waals surface area (Å²) >= 11 is 0. The zero-order valence-electron chi connectivity index (χ0n) is 12.6. The predicted molar refractivity (Wildman–Crippen MR) is 84.1 cm³/mol. The molecule has 21 heavy (non-hydrogen) atoms. The van der Waals surface area contributed by atoms with Crippen molar-refractivity contribution in [3.05, 3.63) is 30.5 Å². The van der Waals surface area contributed by atoms with E-state index in [-0.39, 0.29) is 18.4 Å². The molecule has 5 heteroatoms. The van der Waals surface area contributed by atoms with Crippen LogP contribution in [0.25, 0.3) is 10.9 Å². The molecule has 0 aliphatic heterocycles. The SMILES string of the molecule is CC(=O)Nc1cccc2c1ccn2CC(=O)NCC(C)C. The smallest absolute Gasteiger partial charge is 0.239 e. The molecule has 0 fully saturated rings. The van der Waals surface area contributed by atoms with Crippen LogP contribution in [0.4, 0.5) is 5.69 Å². The average Bonchev–Trinajstić information content (AvgIpc) is 2.80. The van der Waals surface area contributed by atoms with Crippen LogP contribution in [0.1, 0.15) is 20.8 Å². The molecule has 1 aromatic heterocycles. The Morgan fingerprint density at radius 2 is 2.00 bits per heavy atom. The number of benzene rings is 1. The third kappa shape index (κ3) is 3.84. The molecule has 0 atom stereocenters. The molecule has 5 nitrogen and oxygen atoms in total. The van der Waals surface area contributed by atoms with E-state index in [1.807, 2.05) is 35.0 Å². The van der Waals surface area contributed by atoms with Crippen LogP contribution >= 0.6 is 0 Å². The second-order valence-electron chi connectivity index (χ2n) is 5.56. The summed E-state index contributed by atoms with van der Waals surface area (Å²) in [6, 6.07) is 7.58. The first-order valence-electron chi connectivity index (χ1n) is 7.09. The summed E-state index contributed by atoms with van der Waals surface area (Å²) in [5.74, 6) is 0.317. The summed E-state index contributed by atoms with van der Waals surface area (Å²) in [4.78, 5) is 23.1. The number of fused-ring (bicyclic) bond motifs is 1. The molecule has 2 rings (SSSR count). The molecule has 0 aliphatic carbocycles. The molecule has 0 spiro atoms. The van der Waals surface area contributed by atoms with Crippen molar-refractivity contribution in [3.8, 4) is 0 Å². The standard InChI is InChI=1S/C16H21N3O2/c1-11(2)9-17-16(21)10-19-8-7-13-14(18-12(3)20)5-4-6-15(13)19/h4-8,11H,9-10H2,1-3H3,(H,17,21)(H,18,20). The van der Waals surface area contributed by atoms with Crippen molar-refractivity contribution in [2.45, 2.75) is 27.3 Å². The Balaban J connectivity index is 2.18. The van der Waals surface area contributed by atoms with E-state index in [0.717, 1.165) is 16.6 Å². The van der Waals surface area contributed by atoms with E-state index in [0.29, 0.717) is 12.5 Å². The van der Waals surface area contributed by atoms with Gasteiger partial charge < -0.3 is 15.2 Å². The number of hydrogen-bond donors (Lipinski definition) is 2. The number of carbonyl (C=O) groups excluding carboxylic acids is 2. The van der Waals surface area contributed by atoms with Gasteiger partial charge in [-0.05, 0) is 24.1 Å². The third-order valence-corrected chi connectivity index (χ3v) is 3.15. The molecule has 1 aromatic carbocycles. The van der Waals surface area contributed by atoms with Crippen LogP contribution in [0.15, 0.2) is 30.5 Å². The Labute approximate surface area is 124 Å². The van der Waals surface area contributed by atoms with Gasteiger partial charge in [0.1, 0.15) is 6.54 Å². The second-order valence-corrected chi connectivity index (χ2v) is 5.56. The van der Waals surface area contributed by atoms with Gasteiger partial charge in [0.15, 0.2) is 0 Å². The van der Waals surface area contributed by atoms with Gasteiger partial charge in [-0.3, -0.25) is 9.59 Å². The van der Waals surface area contributed by atoms with Crippen molar-refractivity contribution in [1.29, 1.82) is 0 Å². The average molecular weight is 287 g/mol. The van der Waals surface area contributed by atoms with Gasteiger partial charge in [0, 0.05) is 25.1 Å². The van der Waals surface area contributed by atoms with Crippen molar-refractivity contribution in [3.63, 3.8) is 0 Å². The Morgan fingerprint density at radius 3 is 2.67 bits per heavy atom. The van der Waals surface area contributed by atoms with Gasteiger partial charge in [-0.2, -0.15) is 0 Å². The Morgan fingerprint density at radius 1 is 1.24 bits per heavy atom. The number of aromatic nitrogens is 1. The molecule has 0 radical (unpaired) electrons. The van der Waals surface area contributed by atoms with Gasteiger partial charge in [0.25, 0.3) is 0 Å². The Hall–Kier alpha value is -2.30. The molecule has 0 saturated heterocycles. The lowest BCUT2D eigenvalue weighted by atomic mass is 10.2. The maximum atomic E-state index is 11.9. The minimum atomic E-state index is -0.107. The minimum absolute atomic E-state index is 0.00821. The summed E-state index contributed by atoms with van der Waals surface area (Å²) in [5, 5.41) is 6.64. The number of anilines is 1. The highest BCUT2D eigenvalue weighted by Gasteiger charge is 2.09. The molecular formula is C16H21N3O2. The van der Waals surface area contributed by atoms with E-state index in [1.165, 1.54) is 6.92 Å². The maximum absolute atomic E-state index is 11.9. The van der Waals surface area contributed by atoms with Crippen LogP contribution in [0, 0.1) is 5.92 Å². The number of nitrogens with one attached hydrogen (secondary N) is 2. The lowest BCUT2D eigenvalue weighted by molar-refractivity contribution is -0.121. The minimum Gasteiger partial charge on any atom is -0.354 e. The monoisotopic (exact) mass is 287 g/mol. The number of rotatable bonds is 5. The molecule has 2 amide bonds. The van der Waals surface area contributed by atoms with Gasteiger partial charge in [-0.1, -0.05) is 19.9 Å². The van der Waals surface area contributed by atoms with Crippen LogP contribution < -0.4 is 10.6 Å². The van der Waals surface area contributed by atoms with Crippen LogP contribution in [0.3, 0.4) is 0 Å². The molecule has 2 aromatic rings. The highest BCUT2D eigenvalue weighted by molar-refractivity contribution is 6.01. The summed E-state index contributed by atoms with van der Waals surface area (Å²) in [6.45, 7) is 6.56. The summed E-state index contributed by atoms with van der Waals surface area (Å²) in [6.07, 6.45) is 1.87. The molecule has 1 heterocycles. The summed E-state index contributed by atoms with van der Waals surface area (Å²) in [7, 11) is 0. The van der Waals surface area contributed by atoms with E-state index in [2.05, 4.69) is 24.5 Å². The first-order chi connectivity index (χ1) is 9.97. The van der Waals surface area contributed by atoms with Crippen LogP contribution in [-0.4, -0.2) is 22.9 Å². The van der Waals surface area contributed by atoms with Crippen LogP contribution in [0.2, 0.25) is 0 Å². The van der Waals surface area contributed by atoms with Crippen LogP contribution in [0.5, 0.6) is 0 Å². The number of hydrogen-bond acceptors (Lipinski definition) is 2. The van der Waals surface area contributed by atoms with Gasteiger partial charge in [-0.25, -0.2) is 0 Å². The quantitative estimate of drug-likeness (QED) is 0.887. The Bertz CT molecular complexity index is 659. The largest absolute Gasteiger partial charge is 0.354 e. The zero-order valence-corrected chi connectivity index (χ0v) is 12.6. The Kier molecular flexibility index (Phi) is 4.62. The highest BCUT2D eigenvalue weighted by Crippen LogP contribution is 2.24. The fourth-order valence-corrected chi connectivity index (χ4v) is 2.19. The number of nitrogens with zero attached hydrogens (tertiary/aromatic N) is 1. The normalized spacial score (nSPS) is 10.9. The van der Waals surface area contributed by atoms with Gasteiger partial charge in [0.2, 0.25) is 11.8 Å². The first-order valence-corrected chi connectivity index (χ1v) is 7.09. The second kappa shape index (κ2) is 6.43. The lowest BCUT2D eigenvalue weighted by Crippen LogP contribution is -2.30. The predicted octanol–water partition coefficient (Wildman–Crippen LogP) is 2.37. The van der Waals surface area contributed by atoms with Crippen molar-refractivity contribution in [2.75, 3.05) is 11.9 Å². The van der Waals surface area contributed by atoms with Crippen LogP contribution in [-0.2, 0) is 16.1 Å². The molecule has 2 N–H and O–H groups in total. The molecular weight excluding hydrogens is 266 g/mol. The van der Waals surface area contributed by atoms with Crippen molar-refractivity contribution >= 4 is 28.4 Å². The van der Waals surface area contributed by atoms with Gasteiger partial charge >= 0.3 is 0 Å². The van der Waals surface area contributed by atoms with E-state index in [9.17, 15) is 9.59 Å². The first kappa shape index (κ1) is 15.1. The van der Waals surface area contributed by atoms with Crippen molar-refractivity contribution < 1.29 is 9.59 Å². The summed E-state index contributed by atoms with van der Waals surface area (Å²) < 4.78 is 1.89. The topological polar surface area (TPSA) is 63.1 Å². The van der Waals surface area contributed by atoms with Gasteiger partial charge in [0.05, 0.1) is 11.2 Å². The highest BCUT2D eigenvalue weighted by atomic mass is 16.2. The van der Waals surface area contributed by atoms with Gasteiger partial charge in [-0.15, -0.1) is 0 Å². The molecule has 0 aliphatic rings. The lowest BCUT2D eigenvalue weighted by Gasteiger charge is -2.10. The van der Waals surface area contributed by atoms with E-state index >= 15 is 0 Å². The molecule has 0 bridgehead atoms. The van der Waals surface area contributed by atoms with Crippen molar-refractivity contribution in [2.24, 2.45) is 5.92 Å². The summed E-state index contributed by atoms with van der Waals surface area (Å²) in [5.41, 5.74) is 1.70. The fraction of sp³-hybridized carbons (Fsp3) is 0.375.